The highest BCUT2D eigenvalue weighted by Crippen LogP contribution is 2.37. The Labute approximate surface area is 171 Å². The second kappa shape index (κ2) is 8.50. The maximum Gasteiger partial charge on any atom is 0.322 e. The first-order valence-electron chi connectivity index (χ1n) is 10.1. The quantitative estimate of drug-likeness (QED) is 0.756. The SMILES string of the molecule is O=C(Nc1cccnc1Cl)N1CCN(Cc2ccccc2)C2(CCCCC2)C1. The average molecular weight is 399 g/mol. The van der Waals surface area contributed by atoms with Crippen LogP contribution in [0.3, 0.4) is 0 Å². The highest BCUT2D eigenvalue weighted by atomic mass is 35.5. The Balaban J connectivity index is 1.49. The number of aromatic nitrogens is 1. The van der Waals surface area contributed by atoms with E-state index in [9.17, 15) is 4.79 Å². The van der Waals surface area contributed by atoms with Crippen molar-refractivity contribution in [2.75, 3.05) is 25.0 Å². The van der Waals surface area contributed by atoms with E-state index in [4.69, 9.17) is 11.6 Å². The van der Waals surface area contributed by atoms with E-state index >= 15 is 0 Å². The second-order valence-electron chi connectivity index (χ2n) is 7.89. The Morgan fingerprint density at radius 3 is 2.61 bits per heavy atom. The summed E-state index contributed by atoms with van der Waals surface area (Å²) in [6.45, 7) is 3.33. The van der Waals surface area contributed by atoms with Gasteiger partial charge in [0.1, 0.15) is 0 Å². The van der Waals surface area contributed by atoms with Gasteiger partial charge in [-0.25, -0.2) is 9.78 Å². The van der Waals surface area contributed by atoms with E-state index in [-0.39, 0.29) is 11.6 Å². The van der Waals surface area contributed by atoms with Crippen molar-refractivity contribution >= 4 is 23.3 Å². The third-order valence-electron chi connectivity index (χ3n) is 6.08. The van der Waals surface area contributed by atoms with Crippen molar-refractivity contribution in [3.8, 4) is 0 Å². The minimum atomic E-state index is -0.0841. The number of hydrogen-bond donors (Lipinski definition) is 1. The zero-order valence-corrected chi connectivity index (χ0v) is 16.9. The topological polar surface area (TPSA) is 48.5 Å². The molecule has 4 rings (SSSR count). The van der Waals surface area contributed by atoms with Crippen LogP contribution in [0.1, 0.15) is 37.7 Å². The lowest BCUT2D eigenvalue weighted by molar-refractivity contribution is -0.0168. The van der Waals surface area contributed by atoms with Crippen LogP contribution >= 0.6 is 11.6 Å². The standard InChI is InChI=1S/C22H27ClN4O/c23-20-19(10-7-13-24-20)25-21(28)26-14-15-27(16-18-8-3-1-4-9-18)22(17-26)11-5-2-6-12-22/h1,3-4,7-10,13H,2,5-6,11-12,14-17H2,(H,25,28). The van der Waals surface area contributed by atoms with Crippen LogP contribution in [0.5, 0.6) is 0 Å². The molecule has 148 valence electrons. The molecule has 1 saturated carbocycles. The molecule has 0 radical (unpaired) electrons. The monoisotopic (exact) mass is 398 g/mol. The fraction of sp³-hybridized carbons (Fsp3) is 0.455. The summed E-state index contributed by atoms with van der Waals surface area (Å²) in [6.07, 6.45) is 7.68. The van der Waals surface area contributed by atoms with Gasteiger partial charge in [0.25, 0.3) is 0 Å². The number of amides is 2. The third kappa shape index (κ3) is 4.15. The van der Waals surface area contributed by atoms with E-state index < -0.39 is 0 Å². The first-order valence-corrected chi connectivity index (χ1v) is 10.5. The molecule has 2 amide bonds. The van der Waals surface area contributed by atoms with Crippen LogP contribution in [0, 0.1) is 0 Å². The van der Waals surface area contributed by atoms with Crippen LogP contribution in [0.25, 0.3) is 0 Å². The first-order chi connectivity index (χ1) is 13.7. The molecular weight excluding hydrogens is 372 g/mol. The molecule has 1 aromatic carbocycles. The van der Waals surface area contributed by atoms with Gasteiger partial charge in [-0.1, -0.05) is 61.2 Å². The minimum absolute atomic E-state index is 0.0718. The number of rotatable bonds is 3. The van der Waals surface area contributed by atoms with Gasteiger partial charge in [0.15, 0.2) is 5.15 Å². The number of anilines is 1. The number of pyridine rings is 1. The molecule has 0 unspecified atom stereocenters. The molecule has 0 atom stereocenters. The zero-order chi connectivity index (χ0) is 19.4. The molecule has 2 heterocycles. The van der Waals surface area contributed by atoms with Crippen molar-refractivity contribution in [3.05, 3.63) is 59.4 Å². The molecule has 1 aromatic heterocycles. The maximum atomic E-state index is 12.9. The van der Waals surface area contributed by atoms with Gasteiger partial charge < -0.3 is 10.2 Å². The molecular formula is C22H27ClN4O. The molecule has 1 saturated heterocycles. The van der Waals surface area contributed by atoms with Crippen molar-refractivity contribution < 1.29 is 4.79 Å². The smallest absolute Gasteiger partial charge is 0.321 e. The van der Waals surface area contributed by atoms with Crippen LogP contribution in [0.4, 0.5) is 10.5 Å². The van der Waals surface area contributed by atoms with E-state index in [1.807, 2.05) is 4.90 Å². The van der Waals surface area contributed by atoms with E-state index in [1.54, 1.807) is 18.3 Å². The Kier molecular flexibility index (Phi) is 5.83. The van der Waals surface area contributed by atoms with Crippen molar-refractivity contribution in [3.63, 3.8) is 0 Å². The number of hydrogen-bond acceptors (Lipinski definition) is 3. The Morgan fingerprint density at radius 2 is 1.86 bits per heavy atom. The normalized spacial score (nSPS) is 19.5. The van der Waals surface area contributed by atoms with Gasteiger partial charge in [-0.3, -0.25) is 4.90 Å². The van der Waals surface area contributed by atoms with E-state index in [0.717, 1.165) is 39.0 Å². The summed E-state index contributed by atoms with van der Waals surface area (Å²) in [5, 5.41) is 3.27. The van der Waals surface area contributed by atoms with Crippen molar-refractivity contribution in [2.45, 2.75) is 44.2 Å². The predicted octanol–water partition coefficient (Wildman–Crippen LogP) is 4.79. The van der Waals surface area contributed by atoms with Gasteiger partial charge in [0, 0.05) is 37.9 Å². The first kappa shape index (κ1) is 19.2. The van der Waals surface area contributed by atoms with Gasteiger partial charge in [0.2, 0.25) is 0 Å². The number of halogens is 1. The van der Waals surface area contributed by atoms with Gasteiger partial charge in [-0.2, -0.15) is 0 Å². The number of urea groups is 1. The lowest BCUT2D eigenvalue weighted by Gasteiger charge is -2.53. The minimum Gasteiger partial charge on any atom is -0.321 e. The number of nitrogens with one attached hydrogen (secondary N) is 1. The average Bonchev–Trinajstić information content (AvgIpc) is 2.73. The summed E-state index contributed by atoms with van der Waals surface area (Å²) in [4.78, 5) is 21.5. The maximum absolute atomic E-state index is 12.9. The molecule has 0 bridgehead atoms. The van der Waals surface area contributed by atoms with Crippen LogP contribution in [-0.4, -0.2) is 46.0 Å². The van der Waals surface area contributed by atoms with Crippen LogP contribution < -0.4 is 5.32 Å². The fourth-order valence-electron chi connectivity index (χ4n) is 4.59. The molecule has 1 aliphatic heterocycles. The van der Waals surface area contributed by atoms with Crippen LogP contribution in [0.15, 0.2) is 48.7 Å². The number of benzene rings is 1. The molecule has 5 nitrogen and oxygen atoms in total. The molecule has 2 fully saturated rings. The van der Waals surface area contributed by atoms with E-state index in [2.05, 4.69) is 45.5 Å². The predicted molar refractivity (Wildman–Crippen MR) is 113 cm³/mol. The highest BCUT2D eigenvalue weighted by Gasteiger charge is 2.43. The zero-order valence-electron chi connectivity index (χ0n) is 16.1. The van der Waals surface area contributed by atoms with Crippen LogP contribution in [-0.2, 0) is 6.54 Å². The fourth-order valence-corrected chi connectivity index (χ4v) is 4.76. The van der Waals surface area contributed by atoms with Gasteiger partial charge >= 0.3 is 6.03 Å². The molecule has 1 aliphatic carbocycles. The summed E-state index contributed by atoms with van der Waals surface area (Å²) in [5.41, 5.74) is 1.98. The number of carbonyl (C=O) groups excluding carboxylic acids is 1. The Hall–Kier alpha value is -2.11. The number of carbonyl (C=O) groups is 1. The number of piperazine rings is 1. The summed E-state index contributed by atoms with van der Waals surface area (Å²) in [6, 6.07) is 14.1. The molecule has 2 aromatic rings. The van der Waals surface area contributed by atoms with Crippen molar-refractivity contribution in [1.29, 1.82) is 0 Å². The van der Waals surface area contributed by atoms with Crippen molar-refractivity contribution in [2.24, 2.45) is 0 Å². The Morgan fingerprint density at radius 1 is 1.07 bits per heavy atom. The molecule has 6 heteroatoms. The molecule has 1 N–H and O–H groups in total. The Bertz CT molecular complexity index is 807. The second-order valence-corrected chi connectivity index (χ2v) is 8.24. The summed E-state index contributed by atoms with van der Waals surface area (Å²) in [7, 11) is 0. The van der Waals surface area contributed by atoms with Gasteiger partial charge in [-0.05, 0) is 30.5 Å². The van der Waals surface area contributed by atoms with Crippen LogP contribution in [0.2, 0.25) is 5.15 Å². The lowest BCUT2D eigenvalue weighted by atomic mass is 9.78. The summed E-state index contributed by atoms with van der Waals surface area (Å²) >= 11 is 6.11. The molecule has 28 heavy (non-hydrogen) atoms. The summed E-state index contributed by atoms with van der Waals surface area (Å²) in [5.74, 6) is 0. The van der Waals surface area contributed by atoms with Gasteiger partial charge in [0.05, 0.1) is 5.69 Å². The molecule has 2 aliphatic rings. The third-order valence-corrected chi connectivity index (χ3v) is 6.39. The van der Waals surface area contributed by atoms with E-state index in [1.165, 1.54) is 24.8 Å². The van der Waals surface area contributed by atoms with Gasteiger partial charge in [-0.15, -0.1) is 0 Å². The van der Waals surface area contributed by atoms with E-state index in [0.29, 0.717) is 10.8 Å². The largest absolute Gasteiger partial charge is 0.322 e. The molecule has 1 spiro atoms. The summed E-state index contributed by atoms with van der Waals surface area (Å²) < 4.78 is 0. The van der Waals surface area contributed by atoms with Crippen molar-refractivity contribution in [1.82, 2.24) is 14.8 Å². The highest BCUT2D eigenvalue weighted by molar-refractivity contribution is 6.32. The number of nitrogens with zero attached hydrogens (tertiary/aromatic N) is 3. The lowest BCUT2D eigenvalue weighted by Crippen LogP contribution is -2.64.